The van der Waals surface area contributed by atoms with Gasteiger partial charge in [0.05, 0.1) is 6.20 Å². The van der Waals surface area contributed by atoms with Crippen molar-refractivity contribution in [2.24, 2.45) is 0 Å². The molecular formula is C18H21N3OS. The van der Waals surface area contributed by atoms with Crippen molar-refractivity contribution in [3.8, 4) is 10.6 Å². The van der Waals surface area contributed by atoms with Crippen molar-refractivity contribution in [3.05, 3.63) is 41.4 Å². The Morgan fingerprint density at radius 3 is 2.87 bits per heavy atom. The van der Waals surface area contributed by atoms with Crippen LogP contribution in [0.15, 0.2) is 36.5 Å². The predicted octanol–water partition coefficient (Wildman–Crippen LogP) is 3.12. The topological polar surface area (TPSA) is 36.4 Å². The Hall–Kier alpha value is -1.72. The summed E-state index contributed by atoms with van der Waals surface area (Å²) >= 11 is 1.50. The van der Waals surface area contributed by atoms with Crippen LogP contribution in [0.2, 0.25) is 0 Å². The zero-order chi connectivity index (χ0) is 15.6. The van der Waals surface area contributed by atoms with E-state index in [4.69, 9.17) is 0 Å². The minimum atomic E-state index is 0.148. The third kappa shape index (κ3) is 3.03. The normalized spacial score (nSPS) is 21.9. The molecule has 4 rings (SSSR count). The number of amides is 1. The molecule has 2 aliphatic rings. The first-order valence-corrected chi connectivity index (χ1v) is 9.17. The van der Waals surface area contributed by atoms with Crippen molar-refractivity contribution in [3.63, 3.8) is 0 Å². The zero-order valence-electron chi connectivity index (χ0n) is 13.1. The summed E-state index contributed by atoms with van der Waals surface area (Å²) < 4.78 is 0. The summed E-state index contributed by atoms with van der Waals surface area (Å²) in [6, 6.07) is 10.6. The molecule has 0 aliphatic carbocycles. The second-order valence-corrected chi connectivity index (χ2v) is 7.36. The number of piperazine rings is 1. The van der Waals surface area contributed by atoms with Gasteiger partial charge in [-0.05, 0) is 19.4 Å². The van der Waals surface area contributed by atoms with Gasteiger partial charge in [-0.1, -0.05) is 36.8 Å². The predicted molar refractivity (Wildman–Crippen MR) is 92.7 cm³/mol. The minimum absolute atomic E-state index is 0.148. The molecule has 23 heavy (non-hydrogen) atoms. The summed E-state index contributed by atoms with van der Waals surface area (Å²) in [6.07, 6.45) is 5.56. The third-order valence-electron chi connectivity index (χ3n) is 4.86. The molecule has 1 aromatic heterocycles. The number of piperidine rings is 1. The number of nitrogens with zero attached hydrogens (tertiary/aromatic N) is 3. The van der Waals surface area contributed by atoms with E-state index < -0.39 is 0 Å². The van der Waals surface area contributed by atoms with Crippen LogP contribution in [0, 0.1) is 0 Å². The number of carbonyl (C=O) groups is 1. The number of carbonyl (C=O) groups excluding carboxylic acids is 1. The fourth-order valence-electron chi connectivity index (χ4n) is 3.58. The van der Waals surface area contributed by atoms with Crippen LogP contribution in [0.1, 0.15) is 28.9 Å². The van der Waals surface area contributed by atoms with Gasteiger partial charge in [-0.15, -0.1) is 11.3 Å². The third-order valence-corrected chi connectivity index (χ3v) is 5.90. The second kappa shape index (κ2) is 6.42. The Balaban J connectivity index is 1.48. The average Bonchev–Trinajstić information content (AvgIpc) is 3.11. The molecule has 0 bridgehead atoms. The molecule has 0 radical (unpaired) electrons. The lowest BCUT2D eigenvalue weighted by molar-refractivity contribution is 0.0376. The summed E-state index contributed by atoms with van der Waals surface area (Å²) in [5.74, 6) is 0.148. The van der Waals surface area contributed by atoms with Crippen LogP contribution in [-0.4, -0.2) is 52.9 Å². The van der Waals surface area contributed by atoms with E-state index in [-0.39, 0.29) is 5.91 Å². The van der Waals surface area contributed by atoms with Gasteiger partial charge >= 0.3 is 0 Å². The largest absolute Gasteiger partial charge is 0.335 e. The van der Waals surface area contributed by atoms with Crippen molar-refractivity contribution >= 4 is 17.2 Å². The molecule has 1 atom stereocenters. The van der Waals surface area contributed by atoms with Crippen LogP contribution in [0.5, 0.6) is 0 Å². The van der Waals surface area contributed by atoms with Gasteiger partial charge in [0.2, 0.25) is 0 Å². The van der Waals surface area contributed by atoms with Crippen molar-refractivity contribution in [2.45, 2.75) is 25.3 Å². The summed E-state index contributed by atoms with van der Waals surface area (Å²) in [4.78, 5) is 22.6. The van der Waals surface area contributed by atoms with Gasteiger partial charge in [-0.25, -0.2) is 4.98 Å². The summed E-state index contributed by atoms with van der Waals surface area (Å²) in [5, 5.41) is 0.922. The molecule has 2 aromatic rings. The van der Waals surface area contributed by atoms with Crippen molar-refractivity contribution in [1.29, 1.82) is 0 Å². The molecule has 120 valence electrons. The molecule has 1 unspecified atom stereocenters. The highest BCUT2D eigenvalue weighted by Gasteiger charge is 2.31. The van der Waals surface area contributed by atoms with Gasteiger partial charge < -0.3 is 4.90 Å². The van der Waals surface area contributed by atoms with E-state index >= 15 is 0 Å². The van der Waals surface area contributed by atoms with Crippen molar-refractivity contribution in [1.82, 2.24) is 14.8 Å². The molecule has 5 heteroatoms. The summed E-state index contributed by atoms with van der Waals surface area (Å²) in [5.41, 5.74) is 1.08. The highest BCUT2D eigenvalue weighted by atomic mass is 32.1. The maximum absolute atomic E-state index is 12.8. The van der Waals surface area contributed by atoms with Crippen molar-refractivity contribution in [2.75, 3.05) is 26.2 Å². The molecule has 2 saturated heterocycles. The number of benzene rings is 1. The molecule has 1 amide bonds. The average molecular weight is 327 g/mol. The molecule has 0 saturated carbocycles. The lowest BCUT2D eigenvalue weighted by atomic mass is 9.99. The monoisotopic (exact) mass is 327 g/mol. The molecule has 3 heterocycles. The number of aromatic nitrogens is 1. The van der Waals surface area contributed by atoms with E-state index in [1.807, 2.05) is 35.2 Å². The number of hydrogen-bond acceptors (Lipinski definition) is 4. The van der Waals surface area contributed by atoms with Gasteiger partial charge in [0.15, 0.2) is 0 Å². The maximum Gasteiger partial charge on any atom is 0.265 e. The Morgan fingerprint density at radius 2 is 2.00 bits per heavy atom. The summed E-state index contributed by atoms with van der Waals surface area (Å²) in [7, 11) is 0. The highest BCUT2D eigenvalue weighted by molar-refractivity contribution is 7.16. The van der Waals surface area contributed by atoms with Crippen LogP contribution in [0.25, 0.3) is 10.6 Å². The van der Waals surface area contributed by atoms with Crippen LogP contribution in [0.4, 0.5) is 0 Å². The van der Waals surface area contributed by atoms with Gasteiger partial charge in [-0.2, -0.15) is 0 Å². The molecule has 2 aliphatic heterocycles. The van der Waals surface area contributed by atoms with E-state index in [0.29, 0.717) is 6.04 Å². The van der Waals surface area contributed by atoms with Crippen LogP contribution in [-0.2, 0) is 0 Å². The zero-order valence-corrected chi connectivity index (χ0v) is 14.0. The number of fused-ring (bicyclic) bond motifs is 1. The minimum Gasteiger partial charge on any atom is -0.335 e. The first-order chi connectivity index (χ1) is 11.3. The van der Waals surface area contributed by atoms with E-state index in [0.717, 1.165) is 35.1 Å². The smallest absolute Gasteiger partial charge is 0.265 e. The van der Waals surface area contributed by atoms with Crippen LogP contribution < -0.4 is 0 Å². The fourth-order valence-corrected chi connectivity index (χ4v) is 4.47. The second-order valence-electron chi connectivity index (χ2n) is 6.33. The first-order valence-electron chi connectivity index (χ1n) is 8.36. The Labute approximate surface area is 140 Å². The molecule has 2 fully saturated rings. The van der Waals surface area contributed by atoms with Crippen LogP contribution in [0.3, 0.4) is 0 Å². The number of thiazole rings is 1. The fraction of sp³-hybridized carbons (Fsp3) is 0.444. The highest BCUT2D eigenvalue weighted by Crippen LogP contribution is 2.27. The van der Waals surface area contributed by atoms with Gasteiger partial charge in [0, 0.05) is 31.2 Å². The molecular weight excluding hydrogens is 306 g/mol. The van der Waals surface area contributed by atoms with E-state index in [1.165, 1.54) is 37.1 Å². The van der Waals surface area contributed by atoms with E-state index in [2.05, 4.69) is 9.88 Å². The lowest BCUT2D eigenvalue weighted by Gasteiger charge is -2.43. The summed E-state index contributed by atoms with van der Waals surface area (Å²) in [6.45, 7) is 3.93. The van der Waals surface area contributed by atoms with Crippen LogP contribution >= 0.6 is 11.3 Å². The molecule has 0 spiro atoms. The number of rotatable bonds is 2. The maximum atomic E-state index is 12.8. The van der Waals surface area contributed by atoms with Crippen molar-refractivity contribution < 1.29 is 4.79 Å². The van der Waals surface area contributed by atoms with Gasteiger partial charge in [0.1, 0.15) is 9.88 Å². The molecule has 4 nitrogen and oxygen atoms in total. The van der Waals surface area contributed by atoms with E-state index in [9.17, 15) is 4.79 Å². The Morgan fingerprint density at radius 1 is 1.13 bits per heavy atom. The first kappa shape index (κ1) is 14.8. The Bertz CT molecular complexity index is 685. The Kier molecular flexibility index (Phi) is 4.14. The quantitative estimate of drug-likeness (QED) is 0.850. The standard InChI is InChI=1S/C18H21N3OS/c22-18(21-11-10-20-9-5-4-8-15(20)13-21)16-12-19-17(23-16)14-6-2-1-3-7-14/h1-3,6-7,12,15H,4-5,8-11,13H2. The molecule has 0 N–H and O–H groups in total. The van der Waals surface area contributed by atoms with Gasteiger partial charge in [0.25, 0.3) is 5.91 Å². The molecule has 1 aromatic carbocycles. The number of hydrogen-bond donors (Lipinski definition) is 0. The lowest BCUT2D eigenvalue weighted by Crippen LogP contribution is -2.56. The van der Waals surface area contributed by atoms with E-state index in [1.54, 1.807) is 6.20 Å². The SMILES string of the molecule is O=C(c1cnc(-c2ccccc2)s1)N1CCN2CCCCC2C1. The van der Waals surface area contributed by atoms with Gasteiger partial charge in [-0.3, -0.25) is 9.69 Å².